The number of nitrogens with one attached hydrogen (secondary N) is 1. The number of amides is 1. The van der Waals surface area contributed by atoms with E-state index < -0.39 is 12.0 Å². The monoisotopic (exact) mass is 446 g/mol. The van der Waals surface area contributed by atoms with Gasteiger partial charge in [0.25, 0.3) is 5.91 Å². The minimum absolute atomic E-state index is 0.103. The number of hydrogen-bond acceptors (Lipinski definition) is 5. The van der Waals surface area contributed by atoms with E-state index in [1.54, 1.807) is 6.07 Å². The average Bonchev–Trinajstić information content (AvgIpc) is 3.28. The quantitative estimate of drug-likeness (QED) is 0.338. The van der Waals surface area contributed by atoms with Gasteiger partial charge >= 0.3 is 0 Å². The summed E-state index contributed by atoms with van der Waals surface area (Å²) in [5, 5.41) is 6.71. The Balaban J connectivity index is 1.23. The van der Waals surface area contributed by atoms with E-state index in [0.29, 0.717) is 28.0 Å². The second-order valence-electron chi connectivity index (χ2n) is 7.46. The fourth-order valence-corrected chi connectivity index (χ4v) is 3.62. The predicted octanol–water partition coefficient (Wildman–Crippen LogP) is 5.35. The highest BCUT2D eigenvalue weighted by Crippen LogP contribution is 2.35. The van der Waals surface area contributed by atoms with Crippen molar-refractivity contribution in [3.05, 3.63) is 83.1 Å². The molecule has 5 rings (SSSR count). The topological polar surface area (TPSA) is 73.1 Å². The zero-order valence-corrected chi connectivity index (χ0v) is 17.9. The first-order valence-electron chi connectivity index (χ1n) is 10.1. The minimum Gasteiger partial charge on any atom is -0.485 e. The van der Waals surface area contributed by atoms with Crippen molar-refractivity contribution in [1.29, 1.82) is 0 Å². The molecule has 1 atom stereocenters. The van der Waals surface area contributed by atoms with Crippen molar-refractivity contribution < 1.29 is 18.7 Å². The van der Waals surface area contributed by atoms with Crippen LogP contribution < -0.4 is 14.9 Å². The van der Waals surface area contributed by atoms with E-state index in [-0.39, 0.29) is 6.61 Å². The fraction of sp³-hybridized carbons (Fsp3) is 0.120. The fourth-order valence-electron chi connectivity index (χ4n) is 3.44. The Kier molecular flexibility index (Phi) is 5.29. The number of halogens is 1. The molecule has 0 spiro atoms. The highest BCUT2D eigenvalue weighted by Gasteiger charge is 2.27. The number of hydrazone groups is 1. The highest BCUT2D eigenvalue weighted by atomic mass is 35.5. The van der Waals surface area contributed by atoms with Gasteiger partial charge in [-0.3, -0.25) is 4.79 Å². The lowest BCUT2D eigenvalue weighted by Crippen LogP contribution is -2.42. The van der Waals surface area contributed by atoms with Crippen LogP contribution in [0, 0.1) is 6.92 Å². The number of fused-ring (bicyclic) bond motifs is 2. The first-order valence-corrected chi connectivity index (χ1v) is 10.5. The number of furan rings is 1. The molecule has 3 aromatic carbocycles. The molecule has 1 aromatic heterocycles. The summed E-state index contributed by atoms with van der Waals surface area (Å²) in [6.45, 7) is 2.04. The summed E-state index contributed by atoms with van der Waals surface area (Å²) in [5.41, 5.74) is 4.34. The van der Waals surface area contributed by atoms with Crippen LogP contribution in [0.15, 0.2) is 76.2 Å². The largest absolute Gasteiger partial charge is 0.485 e. The Morgan fingerprint density at radius 3 is 2.62 bits per heavy atom. The Morgan fingerprint density at radius 2 is 1.84 bits per heavy atom. The van der Waals surface area contributed by atoms with Gasteiger partial charge in [0.2, 0.25) is 6.10 Å². The van der Waals surface area contributed by atoms with E-state index >= 15 is 0 Å². The summed E-state index contributed by atoms with van der Waals surface area (Å²) >= 11 is 6.19. The van der Waals surface area contributed by atoms with Crippen LogP contribution in [0.2, 0.25) is 5.02 Å². The first kappa shape index (κ1) is 20.2. The summed E-state index contributed by atoms with van der Waals surface area (Å²) in [4.78, 5) is 12.5. The third-order valence-electron chi connectivity index (χ3n) is 5.21. The van der Waals surface area contributed by atoms with E-state index in [0.717, 1.165) is 21.9 Å². The molecule has 2 heterocycles. The van der Waals surface area contributed by atoms with Gasteiger partial charge in [-0.2, -0.15) is 5.10 Å². The Labute approximate surface area is 189 Å². The van der Waals surface area contributed by atoms with Crippen LogP contribution >= 0.6 is 11.6 Å². The predicted molar refractivity (Wildman–Crippen MR) is 123 cm³/mol. The molecule has 1 unspecified atom stereocenters. The van der Waals surface area contributed by atoms with Crippen LogP contribution in [0.5, 0.6) is 11.5 Å². The molecule has 0 radical (unpaired) electrons. The lowest BCUT2D eigenvalue weighted by atomic mass is 10.1. The number of ether oxygens (including phenoxy) is 2. The number of rotatable bonds is 4. The van der Waals surface area contributed by atoms with E-state index in [4.69, 9.17) is 25.5 Å². The molecule has 1 aliphatic rings. The molecule has 0 aliphatic carbocycles. The number of aryl methyl sites for hydroxylation is 1. The van der Waals surface area contributed by atoms with Gasteiger partial charge in [0, 0.05) is 10.6 Å². The second kappa shape index (κ2) is 8.40. The van der Waals surface area contributed by atoms with Gasteiger partial charge < -0.3 is 13.9 Å². The summed E-state index contributed by atoms with van der Waals surface area (Å²) < 4.78 is 17.3. The van der Waals surface area contributed by atoms with Gasteiger partial charge in [0.05, 0.1) is 6.21 Å². The van der Waals surface area contributed by atoms with Gasteiger partial charge in [0.15, 0.2) is 11.5 Å². The van der Waals surface area contributed by atoms with Crippen molar-refractivity contribution in [1.82, 2.24) is 5.43 Å². The van der Waals surface area contributed by atoms with Crippen molar-refractivity contribution in [2.75, 3.05) is 6.61 Å². The average molecular weight is 447 g/mol. The van der Waals surface area contributed by atoms with Crippen LogP contribution in [-0.4, -0.2) is 24.8 Å². The molecule has 0 saturated heterocycles. The molecule has 1 N–H and O–H groups in total. The summed E-state index contributed by atoms with van der Waals surface area (Å²) in [5.74, 6) is 1.90. The molecule has 0 fully saturated rings. The molecule has 7 heteroatoms. The van der Waals surface area contributed by atoms with Crippen LogP contribution in [0.1, 0.15) is 11.3 Å². The SMILES string of the molecule is Cc1ccc(-c2ccc(/C=N\NC(=O)C3COc4cc5ccccc5cc4O3)o2)cc1Cl. The maximum Gasteiger partial charge on any atom is 0.284 e. The summed E-state index contributed by atoms with van der Waals surface area (Å²) in [6, 6.07) is 21.0. The molecule has 0 saturated carbocycles. The number of carbonyl (C=O) groups excluding carboxylic acids is 1. The third-order valence-corrected chi connectivity index (χ3v) is 5.62. The Hall–Kier alpha value is -3.77. The molecule has 0 bridgehead atoms. The summed E-state index contributed by atoms with van der Waals surface area (Å²) in [7, 11) is 0. The summed E-state index contributed by atoms with van der Waals surface area (Å²) in [6.07, 6.45) is 0.630. The van der Waals surface area contributed by atoms with E-state index in [1.165, 1.54) is 6.21 Å². The molecule has 160 valence electrons. The zero-order valence-electron chi connectivity index (χ0n) is 17.2. The molecule has 6 nitrogen and oxygen atoms in total. The van der Waals surface area contributed by atoms with Gasteiger partial charge in [-0.25, -0.2) is 5.43 Å². The van der Waals surface area contributed by atoms with E-state index in [1.807, 2.05) is 67.6 Å². The number of nitrogens with zero attached hydrogens (tertiary/aromatic N) is 1. The van der Waals surface area contributed by atoms with Crippen molar-refractivity contribution in [2.24, 2.45) is 5.10 Å². The first-order chi connectivity index (χ1) is 15.6. The molecule has 1 aliphatic heterocycles. The van der Waals surface area contributed by atoms with Crippen LogP contribution in [0.4, 0.5) is 0 Å². The van der Waals surface area contributed by atoms with Gasteiger partial charge in [-0.05, 0) is 53.6 Å². The molecule has 1 amide bonds. The van der Waals surface area contributed by atoms with E-state index in [9.17, 15) is 4.79 Å². The van der Waals surface area contributed by atoms with Gasteiger partial charge in [-0.1, -0.05) is 48.0 Å². The minimum atomic E-state index is -0.803. The lowest BCUT2D eigenvalue weighted by molar-refractivity contribution is -0.130. The van der Waals surface area contributed by atoms with Crippen LogP contribution in [0.25, 0.3) is 22.1 Å². The number of carbonyl (C=O) groups is 1. The maximum absolute atomic E-state index is 12.5. The number of benzene rings is 3. The van der Waals surface area contributed by atoms with Crippen molar-refractivity contribution >= 4 is 34.5 Å². The molecule has 32 heavy (non-hydrogen) atoms. The van der Waals surface area contributed by atoms with Crippen molar-refractivity contribution in [3.63, 3.8) is 0 Å². The molecule has 4 aromatic rings. The van der Waals surface area contributed by atoms with Gasteiger partial charge in [-0.15, -0.1) is 0 Å². The zero-order chi connectivity index (χ0) is 22.1. The standard InChI is InChI=1S/C25H19ClN2O4/c1-15-6-7-18(10-20(15)26)21-9-8-19(31-21)13-27-28-25(29)24-14-30-22-11-16-4-2-3-5-17(16)12-23(22)32-24/h2-13,24H,14H2,1H3,(H,28,29)/b27-13-. The second-order valence-corrected chi connectivity index (χ2v) is 7.87. The van der Waals surface area contributed by atoms with Crippen molar-refractivity contribution in [2.45, 2.75) is 13.0 Å². The smallest absolute Gasteiger partial charge is 0.284 e. The van der Waals surface area contributed by atoms with E-state index in [2.05, 4.69) is 10.5 Å². The maximum atomic E-state index is 12.5. The van der Waals surface area contributed by atoms with Gasteiger partial charge in [0.1, 0.15) is 18.1 Å². The molecular formula is C25H19ClN2O4. The third kappa shape index (κ3) is 4.05. The van der Waals surface area contributed by atoms with Crippen LogP contribution in [0.3, 0.4) is 0 Å². The van der Waals surface area contributed by atoms with Crippen molar-refractivity contribution in [3.8, 4) is 22.8 Å². The number of hydrogen-bond donors (Lipinski definition) is 1. The normalized spacial score (nSPS) is 15.2. The lowest BCUT2D eigenvalue weighted by Gasteiger charge is -2.25. The molecular weight excluding hydrogens is 428 g/mol. The Morgan fingerprint density at radius 1 is 1.06 bits per heavy atom. The highest BCUT2D eigenvalue weighted by molar-refractivity contribution is 6.31. The van der Waals surface area contributed by atoms with Crippen LogP contribution in [-0.2, 0) is 4.79 Å². The Bertz CT molecular complexity index is 1350.